The summed E-state index contributed by atoms with van der Waals surface area (Å²) in [7, 11) is 1.57. The summed E-state index contributed by atoms with van der Waals surface area (Å²) in [5.41, 5.74) is 2.42. The van der Waals surface area contributed by atoms with Crippen molar-refractivity contribution in [2.24, 2.45) is 0 Å². The van der Waals surface area contributed by atoms with E-state index >= 15 is 0 Å². The van der Waals surface area contributed by atoms with E-state index in [-0.39, 0.29) is 11.9 Å². The van der Waals surface area contributed by atoms with E-state index in [0.29, 0.717) is 49.8 Å². The molecular formula is C24H31N3O4. The molecule has 1 saturated heterocycles. The van der Waals surface area contributed by atoms with Gasteiger partial charge in [0.2, 0.25) is 0 Å². The minimum absolute atomic E-state index is 0.0721. The quantitative estimate of drug-likeness (QED) is 0.676. The second kappa shape index (κ2) is 10.7. The van der Waals surface area contributed by atoms with Gasteiger partial charge in [-0.3, -0.25) is 4.79 Å². The second-order valence-corrected chi connectivity index (χ2v) is 7.65. The molecule has 0 atom stereocenters. The van der Waals surface area contributed by atoms with Gasteiger partial charge in [-0.2, -0.15) is 0 Å². The van der Waals surface area contributed by atoms with Gasteiger partial charge < -0.3 is 24.6 Å². The van der Waals surface area contributed by atoms with E-state index in [9.17, 15) is 9.59 Å². The second-order valence-electron chi connectivity index (χ2n) is 7.65. The number of urea groups is 1. The first-order valence-electron chi connectivity index (χ1n) is 10.7. The third-order valence-electron chi connectivity index (χ3n) is 5.29. The lowest BCUT2D eigenvalue weighted by Gasteiger charge is -2.34. The van der Waals surface area contributed by atoms with Crippen molar-refractivity contribution in [1.29, 1.82) is 0 Å². The molecule has 0 saturated carbocycles. The van der Waals surface area contributed by atoms with Crippen molar-refractivity contribution in [3.8, 4) is 11.5 Å². The number of unbranched alkanes of at least 4 members (excludes halogenated alkanes) is 1. The molecule has 0 bridgehead atoms. The van der Waals surface area contributed by atoms with Gasteiger partial charge >= 0.3 is 6.03 Å². The fraction of sp³-hybridized carbons (Fsp3) is 0.417. The van der Waals surface area contributed by atoms with Crippen molar-refractivity contribution in [3.63, 3.8) is 0 Å². The molecule has 0 spiro atoms. The van der Waals surface area contributed by atoms with Crippen molar-refractivity contribution in [1.82, 2.24) is 9.80 Å². The molecule has 7 nitrogen and oxygen atoms in total. The van der Waals surface area contributed by atoms with Crippen LogP contribution in [-0.2, 0) is 0 Å². The number of amides is 3. The van der Waals surface area contributed by atoms with Crippen LogP contribution >= 0.6 is 0 Å². The van der Waals surface area contributed by atoms with Gasteiger partial charge in [0.05, 0.1) is 13.7 Å². The molecule has 2 aromatic carbocycles. The van der Waals surface area contributed by atoms with Crippen molar-refractivity contribution >= 4 is 17.6 Å². The van der Waals surface area contributed by atoms with Crippen LogP contribution in [0.5, 0.6) is 11.5 Å². The van der Waals surface area contributed by atoms with E-state index < -0.39 is 0 Å². The lowest BCUT2D eigenvalue weighted by atomic mass is 10.1. The Morgan fingerprint density at radius 3 is 2.42 bits per heavy atom. The predicted octanol–water partition coefficient (Wildman–Crippen LogP) is 4.17. The molecule has 0 unspecified atom stereocenters. The Bertz CT molecular complexity index is 907. The first kappa shape index (κ1) is 22.5. The van der Waals surface area contributed by atoms with E-state index in [4.69, 9.17) is 9.47 Å². The van der Waals surface area contributed by atoms with Crippen LogP contribution in [-0.4, -0.2) is 61.6 Å². The number of anilines is 1. The molecule has 0 radical (unpaired) electrons. The topological polar surface area (TPSA) is 71.1 Å². The van der Waals surface area contributed by atoms with Crippen molar-refractivity contribution < 1.29 is 19.1 Å². The average Bonchev–Trinajstić information content (AvgIpc) is 2.79. The number of carbonyl (C=O) groups is 2. The van der Waals surface area contributed by atoms with E-state index in [2.05, 4.69) is 12.2 Å². The smallest absolute Gasteiger partial charge is 0.321 e. The lowest BCUT2D eigenvalue weighted by molar-refractivity contribution is 0.0671. The fourth-order valence-corrected chi connectivity index (χ4v) is 3.47. The molecule has 1 aliphatic heterocycles. The summed E-state index contributed by atoms with van der Waals surface area (Å²) in [5, 5.41) is 2.92. The summed E-state index contributed by atoms with van der Waals surface area (Å²) < 4.78 is 11.2. The monoisotopic (exact) mass is 425 g/mol. The third-order valence-corrected chi connectivity index (χ3v) is 5.29. The van der Waals surface area contributed by atoms with Crippen molar-refractivity contribution in [2.75, 3.05) is 45.2 Å². The maximum atomic E-state index is 13.0. The van der Waals surface area contributed by atoms with E-state index in [1.807, 2.05) is 31.2 Å². The van der Waals surface area contributed by atoms with Gasteiger partial charge in [0.25, 0.3) is 5.91 Å². The number of hydrogen-bond acceptors (Lipinski definition) is 4. The zero-order chi connectivity index (χ0) is 22.2. The van der Waals surface area contributed by atoms with Gasteiger partial charge in [-0.25, -0.2) is 4.79 Å². The SMILES string of the molecule is CCCCOc1ccc(C(=O)N2CCN(C(=O)Nc3cccc(C)c3)CC2)cc1OC. The molecule has 1 N–H and O–H groups in total. The minimum Gasteiger partial charge on any atom is -0.493 e. The number of rotatable bonds is 7. The average molecular weight is 426 g/mol. The van der Waals surface area contributed by atoms with Crippen LogP contribution in [0.2, 0.25) is 0 Å². The molecule has 166 valence electrons. The van der Waals surface area contributed by atoms with Crippen molar-refractivity contribution in [3.05, 3.63) is 53.6 Å². The fourth-order valence-electron chi connectivity index (χ4n) is 3.47. The maximum Gasteiger partial charge on any atom is 0.321 e. The summed E-state index contributed by atoms with van der Waals surface area (Å²) in [5.74, 6) is 1.13. The largest absolute Gasteiger partial charge is 0.493 e. The predicted molar refractivity (Wildman–Crippen MR) is 121 cm³/mol. The minimum atomic E-state index is -0.145. The van der Waals surface area contributed by atoms with Gasteiger partial charge in [0.1, 0.15) is 0 Å². The number of piperazine rings is 1. The molecule has 2 aromatic rings. The van der Waals surface area contributed by atoms with E-state index in [0.717, 1.165) is 24.1 Å². The zero-order valence-electron chi connectivity index (χ0n) is 18.5. The van der Waals surface area contributed by atoms with Crippen LogP contribution in [0, 0.1) is 6.92 Å². The summed E-state index contributed by atoms with van der Waals surface area (Å²) >= 11 is 0. The standard InChI is InChI=1S/C24H31N3O4/c1-4-5-15-31-21-10-9-19(17-22(21)30-3)23(28)26-11-13-27(14-12-26)24(29)25-20-8-6-7-18(2)16-20/h6-10,16-17H,4-5,11-15H2,1-3H3,(H,25,29). The van der Waals surface area contributed by atoms with Gasteiger partial charge in [-0.1, -0.05) is 25.5 Å². The van der Waals surface area contributed by atoms with Crippen molar-refractivity contribution in [2.45, 2.75) is 26.7 Å². The summed E-state index contributed by atoms with van der Waals surface area (Å²) in [6.07, 6.45) is 2.01. The van der Waals surface area contributed by atoms with Crippen LogP contribution in [0.15, 0.2) is 42.5 Å². The highest BCUT2D eigenvalue weighted by Crippen LogP contribution is 2.29. The summed E-state index contributed by atoms with van der Waals surface area (Å²) in [6, 6.07) is 12.8. The third kappa shape index (κ3) is 5.90. The Kier molecular flexibility index (Phi) is 7.76. The lowest BCUT2D eigenvalue weighted by Crippen LogP contribution is -2.51. The number of benzene rings is 2. The molecule has 3 rings (SSSR count). The first-order valence-corrected chi connectivity index (χ1v) is 10.7. The number of methoxy groups -OCH3 is 1. The summed E-state index contributed by atoms with van der Waals surface area (Å²) in [4.78, 5) is 29.0. The molecular weight excluding hydrogens is 394 g/mol. The highest BCUT2D eigenvalue weighted by atomic mass is 16.5. The van der Waals surface area contributed by atoms with Crippen LogP contribution in [0.3, 0.4) is 0 Å². The molecule has 1 aliphatic rings. The number of ether oxygens (including phenoxy) is 2. The first-order chi connectivity index (χ1) is 15.0. The van der Waals surface area contributed by atoms with Gasteiger partial charge in [0.15, 0.2) is 11.5 Å². The number of nitrogens with one attached hydrogen (secondary N) is 1. The van der Waals surface area contributed by atoms with Crippen LogP contribution in [0.4, 0.5) is 10.5 Å². The Morgan fingerprint density at radius 2 is 1.74 bits per heavy atom. The van der Waals surface area contributed by atoms with Crippen LogP contribution in [0.25, 0.3) is 0 Å². The molecule has 7 heteroatoms. The molecule has 1 heterocycles. The maximum absolute atomic E-state index is 13.0. The molecule has 0 aliphatic carbocycles. The molecule has 1 fully saturated rings. The molecule has 0 aromatic heterocycles. The Morgan fingerprint density at radius 1 is 1.00 bits per heavy atom. The molecule has 3 amide bonds. The Hall–Kier alpha value is -3.22. The number of nitrogens with zero attached hydrogens (tertiary/aromatic N) is 2. The van der Waals surface area contributed by atoms with Crippen LogP contribution < -0.4 is 14.8 Å². The number of aryl methyl sites for hydroxylation is 1. The van der Waals surface area contributed by atoms with E-state index in [1.54, 1.807) is 35.1 Å². The Labute approximate surface area is 183 Å². The number of carbonyl (C=O) groups excluding carboxylic acids is 2. The summed E-state index contributed by atoms with van der Waals surface area (Å²) in [6.45, 7) is 6.64. The van der Waals surface area contributed by atoms with Gasteiger partial charge in [-0.15, -0.1) is 0 Å². The highest BCUT2D eigenvalue weighted by Gasteiger charge is 2.25. The zero-order valence-corrected chi connectivity index (χ0v) is 18.5. The highest BCUT2D eigenvalue weighted by molar-refractivity contribution is 5.95. The number of hydrogen-bond donors (Lipinski definition) is 1. The van der Waals surface area contributed by atoms with Gasteiger partial charge in [0, 0.05) is 37.4 Å². The van der Waals surface area contributed by atoms with E-state index in [1.165, 1.54) is 0 Å². The van der Waals surface area contributed by atoms with Crippen LogP contribution in [0.1, 0.15) is 35.7 Å². The Balaban J connectivity index is 1.56. The molecule has 31 heavy (non-hydrogen) atoms. The normalized spacial score (nSPS) is 13.6. The van der Waals surface area contributed by atoms with Gasteiger partial charge in [-0.05, 0) is 49.2 Å².